The number of pyridine rings is 1. The second-order valence-electron chi connectivity index (χ2n) is 6.37. The van der Waals surface area contributed by atoms with Crippen molar-refractivity contribution >= 4 is 5.91 Å². The van der Waals surface area contributed by atoms with Crippen molar-refractivity contribution in [3.8, 4) is 11.5 Å². The van der Waals surface area contributed by atoms with Crippen molar-refractivity contribution in [2.24, 2.45) is 0 Å². The van der Waals surface area contributed by atoms with E-state index in [1.165, 1.54) is 17.3 Å². The second kappa shape index (κ2) is 6.92. The molecule has 4 rings (SSSR count). The van der Waals surface area contributed by atoms with Crippen molar-refractivity contribution in [2.75, 3.05) is 0 Å². The Bertz CT molecular complexity index is 998. The highest BCUT2D eigenvalue weighted by Gasteiger charge is 2.22. The van der Waals surface area contributed by atoms with Gasteiger partial charge in [-0.1, -0.05) is 30.3 Å². The van der Waals surface area contributed by atoms with E-state index < -0.39 is 11.5 Å². The van der Waals surface area contributed by atoms with Crippen LogP contribution in [0.5, 0.6) is 0 Å². The van der Waals surface area contributed by atoms with Crippen molar-refractivity contribution < 1.29 is 4.79 Å². The van der Waals surface area contributed by atoms with Crippen LogP contribution in [0.1, 0.15) is 27.9 Å². The molecule has 2 aromatic heterocycles. The number of nitrogens with zero attached hydrogens (tertiary/aromatic N) is 2. The fourth-order valence-electron chi connectivity index (χ4n) is 3.27. The molecule has 1 atom stereocenters. The number of fused-ring (bicyclic) bond motifs is 1. The summed E-state index contributed by atoms with van der Waals surface area (Å²) < 4.78 is 0. The average Bonchev–Trinajstić information content (AvgIpc) is 2.68. The zero-order valence-electron chi connectivity index (χ0n) is 14.1. The van der Waals surface area contributed by atoms with Crippen LogP contribution in [0.4, 0.5) is 0 Å². The SMILES string of the molecule is O=C(N[C@@H]1CCc2ccccc2C1)c1cnc(-c2ccccn2)[nH]c1=O. The molecule has 1 aliphatic carbocycles. The summed E-state index contributed by atoms with van der Waals surface area (Å²) in [4.78, 5) is 35.8. The molecule has 0 spiro atoms. The van der Waals surface area contributed by atoms with Crippen molar-refractivity contribution in [2.45, 2.75) is 25.3 Å². The van der Waals surface area contributed by atoms with Crippen LogP contribution in [-0.4, -0.2) is 26.9 Å². The molecule has 1 aliphatic rings. The van der Waals surface area contributed by atoms with E-state index in [2.05, 4.69) is 32.4 Å². The molecule has 0 bridgehead atoms. The number of H-pyrrole nitrogens is 1. The maximum atomic E-state index is 12.5. The first-order valence-electron chi connectivity index (χ1n) is 8.59. The van der Waals surface area contributed by atoms with Crippen LogP contribution in [-0.2, 0) is 12.8 Å². The molecule has 0 fully saturated rings. The van der Waals surface area contributed by atoms with Gasteiger partial charge in [0.15, 0.2) is 5.82 Å². The smallest absolute Gasteiger partial charge is 0.264 e. The van der Waals surface area contributed by atoms with Gasteiger partial charge in [0.05, 0.1) is 0 Å². The summed E-state index contributed by atoms with van der Waals surface area (Å²) in [6.07, 6.45) is 5.50. The number of aromatic nitrogens is 3. The monoisotopic (exact) mass is 346 g/mol. The molecule has 0 unspecified atom stereocenters. The third-order valence-electron chi connectivity index (χ3n) is 4.63. The van der Waals surface area contributed by atoms with E-state index in [1.807, 2.05) is 18.2 Å². The number of rotatable bonds is 3. The maximum Gasteiger partial charge on any atom is 0.264 e. The Morgan fingerprint density at radius 1 is 1.08 bits per heavy atom. The molecule has 26 heavy (non-hydrogen) atoms. The van der Waals surface area contributed by atoms with Gasteiger partial charge in [0.1, 0.15) is 11.3 Å². The van der Waals surface area contributed by atoms with Crippen molar-refractivity contribution in [1.29, 1.82) is 0 Å². The van der Waals surface area contributed by atoms with E-state index in [-0.39, 0.29) is 11.6 Å². The number of carbonyl (C=O) groups is 1. The van der Waals surface area contributed by atoms with Crippen LogP contribution < -0.4 is 10.9 Å². The van der Waals surface area contributed by atoms with Gasteiger partial charge in [0.25, 0.3) is 11.5 Å². The van der Waals surface area contributed by atoms with Gasteiger partial charge in [-0.05, 0) is 42.5 Å². The van der Waals surface area contributed by atoms with Crippen LogP contribution in [0.2, 0.25) is 0 Å². The second-order valence-corrected chi connectivity index (χ2v) is 6.37. The van der Waals surface area contributed by atoms with E-state index in [0.717, 1.165) is 19.3 Å². The van der Waals surface area contributed by atoms with Crippen molar-refractivity contribution in [1.82, 2.24) is 20.3 Å². The van der Waals surface area contributed by atoms with Gasteiger partial charge in [-0.25, -0.2) is 4.98 Å². The molecule has 130 valence electrons. The van der Waals surface area contributed by atoms with Gasteiger partial charge < -0.3 is 10.3 Å². The molecular weight excluding hydrogens is 328 g/mol. The number of aromatic amines is 1. The van der Waals surface area contributed by atoms with Gasteiger partial charge in [0, 0.05) is 18.4 Å². The molecule has 3 aromatic rings. The number of carbonyl (C=O) groups excluding carboxylic acids is 1. The topological polar surface area (TPSA) is 87.7 Å². The zero-order chi connectivity index (χ0) is 17.9. The Kier molecular flexibility index (Phi) is 4.31. The van der Waals surface area contributed by atoms with Crippen LogP contribution >= 0.6 is 0 Å². The summed E-state index contributed by atoms with van der Waals surface area (Å²) in [7, 11) is 0. The molecule has 0 aliphatic heterocycles. The number of nitrogens with one attached hydrogen (secondary N) is 2. The fourth-order valence-corrected chi connectivity index (χ4v) is 3.27. The third-order valence-corrected chi connectivity index (χ3v) is 4.63. The Hall–Kier alpha value is -3.28. The van der Waals surface area contributed by atoms with Gasteiger partial charge >= 0.3 is 0 Å². The van der Waals surface area contributed by atoms with Gasteiger partial charge in [-0.15, -0.1) is 0 Å². The Morgan fingerprint density at radius 2 is 1.88 bits per heavy atom. The Labute approximate surface area is 150 Å². The van der Waals surface area contributed by atoms with E-state index >= 15 is 0 Å². The van der Waals surface area contributed by atoms with Crippen LogP contribution in [0, 0.1) is 0 Å². The fraction of sp³-hybridized carbons (Fsp3) is 0.200. The number of aryl methyl sites for hydroxylation is 1. The summed E-state index contributed by atoms with van der Waals surface area (Å²) in [5.41, 5.74) is 2.69. The van der Waals surface area contributed by atoms with Gasteiger partial charge in [0.2, 0.25) is 0 Å². The minimum atomic E-state index is -0.464. The van der Waals surface area contributed by atoms with E-state index in [0.29, 0.717) is 11.5 Å². The Balaban J connectivity index is 1.50. The lowest BCUT2D eigenvalue weighted by Gasteiger charge is -2.25. The van der Waals surface area contributed by atoms with E-state index in [1.54, 1.807) is 18.3 Å². The largest absolute Gasteiger partial charge is 0.349 e. The summed E-state index contributed by atoms with van der Waals surface area (Å²) in [6.45, 7) is 0. The third kappa shape index (κ3) is 3.26. The van der Waals surface area contributed by atoms with E-state index in [4.69, 9.17) is 0 Å². The zero-order valence-corrected chi connectivity index (χ0v) is 14.1. The first-order valence-corrected chi connectivity index (χ1v) is 8.59. The molecule has 6 nitrogen and oxygen atoms in total. The molecule has 1 aromatic carbocycles. The van der Waals surface area contributed by atoms with E-state index in [9.17, 15) is 9.59 Å². The molecule has 1 amide bonds. The molecule has 0 radical (unpaired) electrons. The highest BCUT2D eigenvalue weighted by atomic mass is 16.2. The summed E-state index contributed by atoms with van der Waals surface area (Å²) in [6, 6.07) is 13.6. The standard InChI is InChI=1S/C20H18N4O2/c25-19(23-15-9-8-13-5-1-2-6-14(13)11-15)16-12-22-18(24-20(16)26)17-7-3-4-10-21-17/h1-7,10,12,15H,8-9,11H2,(H,23,25)(H,22,24,26)/t15-/m1/s1. The minimum Gasteiger partial charge on any atom is -0.349 e. The lowest BCUT2D eigenvalue weighted by atomic mass is 9.88. The van der Waals surface area contributed by atoms with Crippen LogP contribution in [0.3, 0.4) is 0 Å². The quantitative estimate of drug-likeness (QED) is 0.760. The normalized spacial score (nSPS) is 15.9. The summed E-state index contributed by atoms with van der Waals surface area (Å²) in [5, 5.41) is 2.96. The van der Waals surface area contributed by atoms with Gasteiger partial charge in [-0.2, -0.15) is 0 Å². The highest BCUT2D eigenvalue weighted by molar-refractivity contribution is 5.93. The predicted octanol–water partition coefficient (Wildman–Crippen LogP) is 2.12. The van der Waals surface area contributed by atoms with Gasteiger partial charge in [-0.3, -0.25) is 14.6 Å². The first-order chi connectivity index (χ1) is 12.7. The minimum absolute atomic E-state index is 0.0172. The molecule has 6 heteroatoms. The predicted molar refractivity (Wildman–Crippen MR) is 97.8 cm³/mol. The van der Waals surface area contributed by atoms with Crippen LogP contribution in [0.15, 0.2) is 59.7 Å². The number of hydrogen-bond acceptors (Lipinski definition) is 4. The summed E-state index contributed by atoms with van der Waals surface area (Å²) in [5.74, 6) is -0.0468. The molecular formula is C20H18N4O2. The van der Waals surface area contributed by atoms with Crippen molar-refractivity contribution in [3.63, 3.8) is 0 Å². The summed E-state index contributed by atoms with van der Waals surface area (Å²) >= 11 is 0. The highest BCUT2D eigenvalue weighted by Crippen LogP contribution is 2.21. The Morgan fingerprint density at radius 3 is 2.65 bits per heavy atom. The average molecular weight is 346 g/mol. The molecule has 2 heterocycles. The number of amides is 1. The lowest BCUT2D eigenvalue weighted by molar-refractivity contribution is 0.0931. The molecule has 2 N–H and O–H groups in total. The van der Waals surface area contributed by atoms with Crippen LogP contribution in [0.25, 0.3) is 11.5 Å². The number of hydrogen-bond donors (Lipinski definition) is 2. The van der Waals surface area contributed by atoms with Crippen molar-refractivity contribution in [3.05, 3.63) is 81.9 Å². The molecule has 0 saturated heterocycles. The first kappa shape index (κ1) is 16.2. The lowest BCUT2D eigenvalue weighted by Crippen LogP contribution is -2.41. The number of benzene rings is 1. The maximum absolute atomic E-state index is 12.5. The molecule has 0 saturated carbocycles.